The molecule has 0 aliphatic carbocycles. The normalized spacial score (nSPS) is 8.38. The Bertz CT molecular complexity index is 224. The predicted molar refractivity (Wildman–Crippen MR) is 28.5 cm³/mol. The Balaban J connectivity index is 3.05. The summed E-state index contributed by atoms with van der Waals surface area (Å²) in [6.45, 7) is 0. The van der Waals surface area contributed by atoms with Gasteiger partial charge in [-0.3, -0.25) is 0 Å². The monoisotopic (exact) mass is 126 g/mol. The highest BCUT2D eigenvalue weighted by Crippen LogP contribution is 2.13. The van der Waals surface area contributed by atoms with Crippen LogP contribution in [-0.4, -0.2) is 10.1 Å². The third-order valence-electron chi connectivity index (χ3n) is 0.607. The smallest absolute Gasteiger partial charge is 0.271 e. The summed E-state index contributed by atoms with van der Waals surface area (Å²) in [5.41, 5.74) is 0.271. The van der Waals surface area contributed by atoms with E-state index in [1.165, 1.54) is 5.38 Å². The topological polar surface area (TPSA) is 56.9 Å². The van der Waals surface area contributed by atoms with Crippen molar-refractivity contribution in [1.29, 1.82) is 5.26 Å². The fourth-order valence-electron chi connectivity index (χ4n) is 0.316. The molecule has 40 valence electrons. The van der Waals surface area contributed by atoms with Crippen LogP contribution in [-0.2, 0) is 0 Å². The summed E-state index contributed by atoms with van der Waals surface area (Å²) < 4.78 is 0. The lowest BCUT2D eigenvalue weighted by atomic mass is 10.6. The van der Waals surface area contributed by atoms with Crippen LogP contribution >= 0.6 is 11.3 Å². The summed E-state index contributed by atoms with van der Waals surface area (Å²) in [5.74, 6) is 0. The molecule has 1 aromatic rings. The van der Waals surface area contributed by atoms with Crippen LogP contribution in [0.25, 0.3) is 0 Å². The highest BCUT2D eigenvalue weighted by Gasteiger charge is 1.94. The van der Waals surface area contributed by atoms with Gasteiger partial charge in [-0.05, 0) is 0 Å². The number of nitriles is 1. The zero-order valence-electron chi connectivity index (χ0n) is 3.83. The largest absolute Gasteiger partial charge is 0.486 e. The van der Waals surface area contributed by atoms with Gasteiger partial charge in [0.05, 0.1) is 0 Å². The number of hydrogen-bond donors (Lipinski definition) is 1. The number of rotatable bonds is 0. The molecule has 1 rings (SSSR count). The Kier molecular flexibility index (Phi) is 1.14. The van der Waals surface area contributed by atoms with E-state index in [-0.39, 0.29) is 10.9 Å². The lowest BCUT2D eigenvalue weighted by Gasteiger charge is -1.69. The van der Waals surface area contributed by atoms with Crippen LogP contribution in [0.15, 0.2) is 5.38 Å². The van der Waals surface area contributed by atoms with Crippen molar-refractivity contribution in [3.8, 4) is 11.3 Å². The Labute approximate surface area is 49.8 Å². The fraction of sp³-hybridized carbons (Fsp3) is 0. The zero-order valence-corrected chi connectivity index (χ0v) is 4.64. The van der Waals surface area contributed by atoms with Crippen molar-refractivity contribution < 1.29 is 5.11 Å². The molecule has 1 aromatic heterocycles. The van der Waals surface area contributed by atoms with E-state index in [4.69, 9.17) is 10.4 Å². The van der Waals surface area contributed by atoms with Crippen molar-refractivity contribution >= 4 is 11.3 Å². The van der Waals surface area contributed by atoms with Crippen LogP contribution in [0.1, 0.15) is 5.69 Å². The van der Waals surface area contributed by atoms with Gasteiger partial charge in [-0.2, -0.15) is 10.2 Å². The summed E-state index contributed by atoms with van der Waals surface area (Å²) >= 11 is 1.05. The lowest BCUT2D eigenvalue weighted by molar-refractivity contribution is 0.470. The van der Waals surface area contributed by atoms with Crippen LogP contribution in [0.3, 0.4) is 0 Å². The minimum absolute atomic E-state index is 0.0541. The highest BCUT2D eigenvalue weighted by molar-refractivity contribution is 7.11. The first-order valence-corrected chi connectivity index (χ1v) is 2.75. The number of aromatic nitrogens is 1. The third-order valence-corrected chi connectivity index (χ3v) is 1.25. The van der Waals surface area contributed by atoms with Gasteiger partial charge in [0.25, 0.3) is 5.19 Å². The lowest BCUT2D eigenvalue weighted by Crippen LogP contribution is -1.66. The van der Waals surface area contributed by atoms with Crippen LogP contribution in [0.5, 0.6) is 5.19 Å². The van der Waals surface area contributed by atoms with Crippen molar-refractivity contribution in [2.45, 2.75) is 0 Å². The summed E-state index contributed by atoms with van der Waals surface area (Å²) in [5, 5.41) is 18.1. The van der Waals surface area contributed by atoms with Gasteiger partial charge in [-0.1, -0.05) is 11.3 Å². The zero-order chi connectivity index (χ0) is 5.98. The van der Waals surface area contributed by atoms with Crippen LogP contribution in [0.2, 0.25) is 0 Å². The minimum atomic E-state index is -0.0541. The van der Waals surface area contributed by atoms with Gasteiger partial charge in [-0.15, -0.1) is 0 Å². The average Bonchev–Trinajstić information content (AvgIpc) is 2.14. The van der Waals surface area contributed by atoms with E-state index >= 15 is 0 Å². The van der Waals surface area contributed by atoms with E-state index in [1.54, 1.807) is 6.07 Å². The van der Waals surface area contributed by atoms with Crippen molar-refractivity contribution in [3.63, 3.8) is 0 Å². The van der Waals surface area contributed by atoms with Crippen molar-refractivity contribution in [3.05, 3.63) is 11.1 Å². The molecule has 0 aromatic carbocycles. The molecule has 3 nitrogen and oxygen atoms in total. The van der Waals surface area contributed by atoms with E-state index in [2.05, 4.69) is 4.98 Å². The first-order valence-electron chi connectivity index (χ1n) is 1.87. The SMILES string of the molecule is N#Cc1csc(O)n1. The molecule has 0 amide bonds. The number of thiazole rings is 1. The molecular weight excluding hydrogens is 124 g/mol. The van der Waals surface area contributed by atoms with E-state index in [0.29, 0.717) is 0 Å². The van der Waals surface area contributed by atoms with Gasteiger partial charge in [0.2, 0.25) is 0 Å². The number of nitrogens with zero attached hydrogens (tertiary/aromatic N) is 2. The van der Waals surface area contributed by atoms with E-state index < -0.39 is 0 Å². The molecule has 0 radical (unpaired) electrons. The van der Waals surface area contributed by atoms with Crippen LogP contribution in [0.4, 0.5) is 0 Å². The van der Waals surface area contributed by atoms with Crippen molar-refractivity contribution in [2.75, 3.05) is 0 Å². The predicted octanol–water partition coefficient (Wildman–Crippen LogP) is 0.720. The van der Waals surface area contributed by atoms with Gasteiger partial charge in [-0.25, -0.2) is 0 Å². The summed E-state index contributed by atoms with van der Waals surface area (Å²) in [6.07, 6.45) is 0. The first kappa shape index (κ1) is 5.06. The summed E-state index contributed by atoms with van der Waals surface area (Å²) in [6, 6.07) is 1.79. The Morgan fingerprint density at radius 1 is 1.88 bits per heavy atom. The molecule has 0 fully saturated rings. The molecule has 4 heteroatoms. The van der Waals surface area contributed by atoms with Gasteiger partial charge < -0.3 is 5.11 Å². The third kappa shape index (κ3) is 0.768. The van der Waals surface area contributed by atoms with Gasteiger partial charge in [0.1, 0.15) is 6.07 Å². The molecule has 0 saturated heterocycles. The maximum absolute atomic E-state index is 8.54. The first-order chi connectivity index (χ1) is 3.83. The van der Waals surface area contributed by atoms with Crippen molar-refractivity contribution in [1.82, 2.24) is 4.98 Å². The Hall–Kier alpha value is -1.08. The average molecular weight is 126 g/mol. The van der Waals surface area contributed by atoms with Crippen LogP contribution < -0.4 is 0 Å². The summed E-state index contributed by atoms with van der Waals surface area (Å²) in [7, 11) is 0. The molecule has 1 N–H and O–H groups in total. The number of hydrogen-bond acceptors (Lipinski definition) is 4. The van der Waals surface area contributed by atoms with Gasteiger partial charge >= 0.3 is 0 Å². The van der Waals surface area contributed by atoms with Gasteiger partial charge in [0, 0.05) is 5.38 Å². The van der Waals surface area contributed by atoms with E-state index in [0.717, 1.165) is 11.3 Å². The minimum Gasteiger partial charge on any atom is -0.486 e. The molecule has 0 saturated carbocycles. The second kappa shape index (κ2) is 1.80. The molecule has 0 unspecified atom stereocenters. The number of aromatic hydroxyl groups is 1. The molecular formula is C4H2N2OS. The van der Waals surface area contributed by atoms with E-state index in [1.807, 2.05) is 0 Å². The maximum atomic E-state index is 8.54. The quantitative estimate of drug-likeness (QED) is 0.557. The fourth-order valence-corrected chi connectivity index (χ4v) is 0.789. The Morgan fingerprint density at radius 3 is 2.88 bits per heavy atom. The second-order valence-electron chi connectivity index (χ2n) is 1.13. The summed E-state index contributed by atoms with van der Waals surface area (Å²) in [4.78, 5) is 3.44. The molecule has 0 atom stereocenters. The molecule has 0 bridgehead atoms. The van der Waals surface area contributed by atoms with Crippen LogP contribution in [0, 0.1) is 11.3 Å². The molecule has 8 heavy (non-hydrogen) atoms. The highest BCUT2D eigenvalue weighted by atomic mass is 32.1. The van der Waals surface area contributed by atoms with Crippen molar-refractivity contribution in [2.24, 2.45) is 0 Å². The molecule has 0 aliphatic heterocycles. The molecule has 0 aliphatic rings. The Morgan fingerprint density at radius 2 is 2.62 bits per heavy atom. The van der Waals surface area contributed by atoms with E-state index in [9.17, 15) is 0 Å². The standard InChI is InChI=1S/C4H2N2OS/c5-1-3-2-8-4(7)6-3/h2H,(H,6,7). The molecule has 0 spiro atoms. The van der Waals surface area contributed by atoms with Gasteiger partial charge in [0.15, 0.2) is 5.69 Å². The molecule has 1 heterocycles. The second-order valence-corrected chi connectivity index (χ2v) is 1.96. The maximum Gasteiger partial charge on any atom is 0.271 e.